The van der Waals surface area contributed by atoms with E-state index in [4.69, 9.17) is 4.52 Å². The summed E-state index contributed by atoms with van der Waals surface area (Å²) in [5, 5.41) is 8.26. The molecule has 2 N–H and O–H groups in total. The van der Waals surface area contributed by atoms with Crippen molar-refractivity contribution in [2.24, 2.45) is 0 Å². The second-order valence-corrected chi connectivity index (χ2v) is 8.96. The van der Waals surface area contributed by atoms with Crippen LogP contribution in [0.4, 0.5) is 5.69 Å². The van der Waals surface area contributed by atoms with Gasteiger partial charge >= 0.3 is 0 Å². The van der Waals surface area contributed by atoms with Crippen LogP contribution in [0.15, 0.2) is 50.5 Å². The molecule has 0 bridgehead atoms. The molecule has 1 amide bonds. The summed E-state index contributed by atoms with van der Waals surface area (Å²) in [6, 6.07) is 9.98. The molecule has 2 aromatic heterocycles. The summed E-state index contributed by atoms with van der Waals surface area (Å²) in [4.78, 5) is 16.1. The number of anilines is 1. The fourth-order valence-electron chi connectivity index (χ4n) is 2.47. The van der Waals surface area contributed by atoms with Crippen LogP contribution in [0.2, 0.25) is 0 Å². The molecule has 0 saturated heterocycles. The molecule has 0 atom stereocenters. The SMILES string of the molecule is Cc1noc(CCCNC(=O)Cc2ccc(NS(=O)(=O)c3cccs3)cc2)n1. The Kier molecular flexibility index (Phi) is 6.42. The molecule has 0 aliphatic rings. The quantitative estimate of drug-likeness (QED) is 0.514. The number of hydrogen-bond acceptors (Lipinski definition) is 7. The van der Waals surface area contributed by atoms with E-state index in [1.54, 1.807) is 48.7 Å². The van der Waals surface area contributed by atoms with Crippen LogP contribution in [0.25, 0.3) is 0 Å². The van der Waals surface area contributed by atoms with Crippen molar-refractivity contribution in [3.8, 4) is 0 Å². The monoisotopic (exact) mass is 420 g/mol. The minimum Gasteiger partial charge on any atom is -0.356 e. The van der Waals surface area contributed by atoms with Gasteiger partial charge in [-0.15, -0.1) is 11.3 Å². The summed E-state index contributed by atoms with van der Waals surface area (Å²) in [7, 11) is -3.57. The van der Waals surface area contributed by atoms with E-state index in [9.17, 15) is 13.2 Å². The van der Waals surface area contributed by atoms with E-state index in [1.807, 2.05) is 0 Å². The number of carbonyl (C=O) groups is 1. The highest BCUT2D eigenvalue weighted by Crippen LogP contribution is 2.20. The van der Waals surface area contributed by atoms with Gasteiger partial charge in [0.15, 0.2) is 5.82 Å². The number of nitrogens with zero attached hydrogens (tertiary/aromatic N) is 2. The molecule has 0 spiro atoms. The maximum Gasteiger partial charge on any atom is 0.271 e. The standard InChI is InChI=1S/C18H20N4O4S2/c1-13-20-17(26-21-13)4-2-10-19-16(23)12-14-6-8-15(9-7-14)22-28(24,25)18-5-3-11-27-18/h3,5-9,11,22H,2,4,10,12H2,1H3,(H,19,23). The lowest BCUT2D eigenvalue weighted by Gasteiger charge is -2.08. The number of nitrogens with one attached hydrogen (secondary N) is 2. The molecule has 1 aromatic carbocycles. The van der Waals surface area contributed by atoms with Crippen LogP contribution in [0.3, 0.4) is 0 Å². The normalized spacial score (nSPS) is 11.3. The van der Waals surface area contributed by atoms with E-state index in [0.29, 0.717) is 36.8 Å². The molecule has 0 radical (unpaired) electrons. The minimum absolute atomic E-state index is 0.103. The molecule has 2 heterocycles. The predicted octanol–water partition coefficient (Wildman–Crippen LogP) is 2.53. The van der Waals surface area contributed by atoms with Crippen LogP contribution in [0, 0.1) is 6.92 Å². The Morgan fingerprint density at radius 1 is 1.21 bits per heavy atom. The Balaban J connectivity index is 1.44. The van der Waals surface area contributed by atoms with Crippen molar-refractivity contribution >= 4 is 33.0 Å². The van der Waals surface area contributed by atoms with Gasteiger partial charge in [-0.05, 0) is 42.5 Å². The molecule has 148 valence electrons. The third kappa shape index (κ3) is 5.64. The zero-order valence-corrected chi connectivity index (χ0v) is 16.8. The third-order valence-corrected chi connectivity index (χ3v) is 6.57. The zero-order chi connectivity index (χ0) is 20.0. The van der Waals surface area contributed by atoms with Crippen molar-refractivity contribution in [3.63, 3.8) is 0 Å². The highest BCUT2D eigenvalue weighted by Gasteiger charge is 2.15. The van der Waals surface area contributed by atoms with Gasteiger partial charge in [-0.1, -0.05) is 23.4 Å². The van der Waals surface area contributed by atoms with E-state index in [1.165, 1.54) is 0 Å². The van der Waals surface area contributed by atoms with E-state index in [-0.39, 0.29) is 16.5 Å². The van der Waals surface area contributed by atoms with Crippen LogP contribution < -0.4 is 10.0 Å². The fraction of sp³-hybridized carbons (Fsp3) is 0.278. The number of carbonyl (C=O) groups excluding carboxylic acids is 1. The maximum atomic E-state index is 12.2. The van der Waals surface area contributed by atoms with Crippen molar-refractivity contribution in [2.45, 2.75) is 30.4 Å². The molecule has 10 heteroatoms. The highest BCUT2D eigenvalue weighted by atomic mass is 32.2. The number of thiophene rings is 1. The average Bonchev–Trinajstić information content (AvgIpc) is 3.32. The van der Waals surface area contributed by atoms with Crippen LogP contribution in [0.1, 0.15) is 23.7 Å². The lowest BCUT2D eigenvalue weighted by atomic mass is 10.1. The van der Waals surface area contributed by atoms with Crippen molar-refractivity contribution in [1.82, 2.24) is 15.5 Å². The topological polar surface area (TPSA) is 114 Å². The average molecular weight is 421 g/mol. The highest BCUT2D eigenvalue weighted by molar-refractivity contribution is 7.94. The molecule has 0 unspecified atom stereocenters. The van der Waals surface area contributed by atoms with Gasteiger partial charge in [-0.2, -0.15) is 4.98 Å². The molecule has 0 aliphatic heterocycles. The number of hydrogen-bond donors (Lipinski definition) is 2. The molecule has 0 fully saturated rings. The van der Waals surface area contributed by atoms with Crippen LogP contribution >= 0.6 is 11.3 Å². The lowest BCUT2D eigenvalue weighted by molar-refractivity contribution is -0.120. The largest absolute Gasteiger partial charge is 0.356 e. The van der Waals surface area contributed by atoms with Gasteiger partial charge in [0.25, 0.3) is 10.0 Å². The van der Waals surface area contributed by atoms with E-state index >= 15 is 0 Å². The smallest absolute Gasteiger partial charge is 0.271 e. The Labute approximate surface area is 167 Å². The van der Waals surface area contributed by atoms with Crippen molar-refractivity contribution in [1.29, 1.82) is 0 Å². The number of amides is 1. The molecule has 8 nitrogen and oxygen atoms in total. The van der Waals surface area contributed by atoms with Crippen LogP contribution in [-0.2, 0) is 27.7 Å². The molecule has 3 aromatic rings. The van der Waals surface area contributed by atoms with Gasteiger partial charge in [0.1, 0.15) is 4.21 Å². The summed E-state index contributed by atoms with van der Waals surface area (Å²) in [5.74, 6) is 1.06. The van der Waals surface area contributed by atoms with E-state index in [2.05, 4.69) is 20.2 Å². The summed E-state index contributed by atoms with van der Waals surface area (Å²) >= 11 is 1.15. The number of rotatable bonds is 9. The first-order valence-electron chi connectivity index (χ1n) is 8.63. The van der Waals surface area contributed by atoms with Crippen molar-refractivity contribution < 1.29 is 17.7 Å². The number of aromatic nitrogens is 2. The molecule has 28 heavy (non-hydrogen) atoms. The first kappa shape index (κ1) is 20.0. The summed E-state index contributed by atoms with van der Waals surface area (Å²) in [5.41, 5.74) is 1.25. The Hall–Kier alpha value is -2.72. The third-order valence-electron chi connectivity index (χ3n) is 3.79. The minimum atomic E-state index is -3.57. The van der Waals surface area contributed by atoms with Gasteiger partial charge in [0, 0.05) is 18.7 Å². The molecular weight excluding hydrogens is 400 g/mol. The first-order chi connectivity index (χ1) is 13.4. The van der Waals surface area contributed by atoms with Gasteiger partial charge in [-0.3, -0.25) is 9.52 Å². The second kappa shape index (κ2) is 8.98. The summed E-state index contributed by atoms with van der Waals surface area (Å²) in [6.45, 7) is 2.27. The Morgan fingerprint density at radius 3 is 2.64 bits per heavy atom. The van der Waals surface area contributed by atoms with Crippen molar-refractivity contribution in [3.05, 3.63) is 59.1 Å². The van der Waals surface area contributed by atoms with Gasteiger partial charge in [-0.25, -0.2) is 8.42 Å². The van der Waals surface area contributed by atoms with Gasteiger partial charge in [0.2, 0.25) is 11.8 Å². The van der Waals surface area contributed by atoms with Crippen LogP contribution in [0.5, 0.6) is 0 Å². The number of aryl methyl sites for hydroxylation is 2. The second-order valence-electron chi connectivity index (χ2n) is 6.10. The van der Waals surface area contributed by atoms with E-state index in [0.717, 1.165) is 16.9 Å². The van der Waals surface area contributed by atoms with Crippen LogP contribution in [-0.4, -0.2) is 31.0 Å². The molecular formula is C18H20N4O4S2. The zero-order valence-electron chi connectivity index (χ0n) is 15.2. The maximum absolute atomic E-state index is 12.2. The summed E-state index contributed by atoms with van der Waals surface area (Å²) in [6.07, 6.45) is 1.54. The van der Waals surface area contributed by atoms with Crippen molar-refractivity contribution in [2.75, 3.05) is 11.3 Å². The number of benzene rings is 1. The van der Waals surface area contributed by atoms with Gasteiger partial charge < -0.3 is 9.84 Å². The number of sulfonamides is 1. The Bertz CT molecular complexity index is 1010. The molecule has 3 rings (SSSR count). The van der Waals surface area contributed by atoms with E-state index < -0.39 is 10.0 Å². The summed E-state index contributed by atoms with van der Waals surface area (Å²) < 4.78 is 32.2. The molecule has 0 saturated carbocycles. The van der Waals surface area contributed by atoms with Gasteiger partial charge in [0.05, 0.1) is 6.42 Å². The Morgan fingerprint density at radius 2 is 2.00 bits per heavy atom. The first-order valence-corrected chi connectivity index (χ1v) is 11.0. The fourth-order valence-corrected chi connectivity index (χ4v) is 4.52. The predicted molar refractivity (Wildman–Crippen MR) is 106 cm³/mol. The molecule has 0 aliphatic carbocycles. The lowest BCUT2D eigenvalue weighted by Crippen LogP contribution is -2.26.